The highest BCUT2D eigenvalue weighted by atomic mass is 35.5. The molecule has 100 valence electrons. The molecule has 0 spiro atoms. The van der Waals surface area contributed by atoms with E-state index in [4.69, 9.17) is 22.6 Å². The number of nitrogen functional groups attached to an aromatic ring is 1. The first-order valence-corrected chi connectivity index (χ1v) is 6.13. The smallest absolute Gasteiger partial charge is 0.258 e. The fourth-order valence-corrected chi connectivity index (χ4v) is 1.92. The van der Waals surface area contributed by atoms with Gasteiger partial charge in [0.1, 0.15) is 11.2 Å². The molecule has 0 fully saturated rings. The Kier molecular flexibility index (Phi) is 3.87. The Bertz CT molecular complexity index is 722. The van der Waals surface area contributed by atoms with E-state index in [0.29, 0.717) is 16.9 Å². The molecular weight excluding hydrogens is 276 g/mol. The van der Waals surface area contributed by atoms with E-state index in [2.05, 4.69) is 16.4 Å². The maximum absolute atomic E-state index is 12.2. The molecule has 1 heterocycles. The highest BCUT2D eigenvalue weighted by Gasteiger charge is 2.14. The number of rotatable bonds is 2. The lowest BCUT2D eigenvalue weighted by Gasteiger charge is -2.09. The fourth-order valence-electron chi connectivity index (χ4n) is 1.73. The summed E-state index contributed by atoms with van der Waals surface area (Å²) in [5, 5.41) is 11.8. The van der Waals surface area contributed by atoms with Crippen LogP contribution in [0.3, 0.4) is 0 Å². The first-order chi connectivity index (χ1) is 9.52. The number of amides is 1. The molecule has 0 aliphatic heterocycles. The van der Waals surface area contributed by atoms with Crippen LogP contribution in [0.15, 0.2) is 30.5 Å². The number of pyridine rings is 1. The van der Waals surface area contributed by atoms with Gasteiger partial charge in [-0.2, -0.15) is 5.26 Å². The van der Waals surface area contributed by atoms with Gasteiger partial charge in [-0.15, -0.1) is 0 Å². The molecule has 0 aliphatic carbocycles. The highest BCUT2D eigenvalue weighted by Crippen LogP contribution is 2.21. The van der Waals surface area contributed by atoms with Crippen molar-refractivity contribution < 1.29 is 4.79 Å². The number of hydrogen-bond donors (Lipinski definition) is 2. The van der Waals surface area contributed by atoms with Gasteiger partial charge in [0.25, 0.3) is 5.91 Å². The van der Waals surface area contributed by atoms with Gasteiger partial charge in [0.05, 0.1) is 28.7 Å². The van der Waals surface area contributed by atoms with Gasteiger partial charge in [-0.05, 0) is 24.6 Å². The van der Waals surface area contributed by atoms with Crippen molar-refractivity contribution in [2.75, 3.05) is 11.1 Å². The monoisotopic (exact) mass is 286 g/mol. The quantitative estimate of drug-likeness (QED) is 0.830. The van der Waals surface area contributed by atoms with Crippen molar-refractivity contribution in [1.29, 1.82) is 5.26 Å². The zero-order valence-electron chi connectivity index (χ0n) is 10.6. The Morgan fingerprint density at radius 3 is 2.95 bits per heavy atom. The highest BCUT2D eigenvalue weighted by molar-refractivity contribution is 6.33. The van der Waals surface area contributed by atoms with Gasteiger partial charge < -0.3 is 11.1 Å². The Balaban J connectivity index is 2.36. The summed E-state index contributed by atoms with van der Waals surface area (Å²) >= 11 is 5.87. The van der Waals surface area contributed by atoms with E-state index in [1.165, 1.54) is 12.3 Å². The molecule has 5 nitrogen and oxygen atoms in total. The molecule has 2 aromatic rings. The first-order valence-electron chi connectivity index (χ1n) is 5.75. The number of benzene rings is 1. The van der Waals surface area contributed by atoms with Crippen LogP contribution in [-0.2, 0) is 0 Å². The number of anilines is 2. The van der Waals surface area contributed by atoms with Crippen molar-refractivity contribution in [1.82, 2.24) is 4.98 Å². The molecule has 1 aromatic heterocycles. The normalized spacial score (nSPS) is 9.85. The number of aryl methyl sites for hydroxylation is 1. The summed E-state index contributed by atoms with van der Waals surface area (Å²) in [6.45, 7) is 1.79. The summed E-state index contributed by atoms with van der Waals surface area (Å²) in [6.07, 6.45) is 1.37. The summed E-state index contributed by atoms with van der Waals surface area (Å²) < 4.78 is 0. The predicted molar refractivity (Wildman–Crippen MR) is 77.5 cm³/mol. The molecule has 20 heavy (non-hydrogen) atoms. The predicted octanol–water partition coefficient (Wildman–Crippen LogP) is 2.75. The Hall–Kier alpha value is -2.58. The van der Waals surface area contributed by atoms with Crippen LogP contribution >= 0.6 is 11.6 Å². The SMILES string of the molecule is Cc1cccc(NC(=O)c2cc(N)cnc2Cl)c1C#N. The lowest BCUT2D eigenvalue weighted by Crippen LogP contribution is -2.14. The van der Waals surface area contributed by atoms with Crippen LogP contribution in [0.2, 0.25) is 5.15 Å². The summed E-state index contributed by atoms with van der Waals surface area (Å²) in [4.78, 5) is 16.0. The average molecular weight is 287 g/mol. The number of nitrogens with one attached hydrogen (secondary N) is 1. The summed E-state index contributed by atoms with van der Waals surface area (Å²) in [5.41, 5.74) is 7.70. The number of halogens is 1. The van der Waals surface area contributed by atoms with Gasteiger partial charge in [0, 0.05) is 0 Å². The van der Waals surface area contributed by atoms with Crippen molar-refractivity contribution in [3.63, 3.8) is 0 Å². The second-order valence-corrected chi connectivity index (χ2v) is 4.53. The number of nitriles is 1. The maximum atomic E-state index is 12.2. The standard InChI is InChI=1S/C14H11ClN4O/c1-8-3-2-4-12(11(8)6-16)19-14(20)10-5-9(17)7-18-13(10)15/h2-5,7H,17H2,1H3,(H,19,20). The van der Waals surface area contributed by atoms with Crippen LogP contribution in [0, 0.1) is 18.3 Å². The lowest BCUT2D eigenvalue weighted by atomic mass is 10.1. The average Bonchev–Trinajstić information content (AvgIpc) is 2.41. The minimum atomic E-state index is -0.461. The van der Waals surface area contributed by atoms with Crippen LogP contribution in [-0.4, -0.2) is 10.9 Å². The minimum absolute atomic E-state index is 0.0582. The molecular formula is C14H11ClN4O. The van der Waals surface area contributed by atoms with Gasteiger partial charge in [-0.25, -0.2) is 4.98 Å². The van der Waals surface area contributed by atoms with Crippen LogP contribution < -0.4 is 11.1 Å². The third-order valence-corrected chi connectivity index (χ3v) is 3.04. The molecule has 0 atom stereocenters. The summed E-state index contributed by atoms with van der Waals surface area (Å²) in [5.74, 6) is -0.461. The second-order valence-electron chi connectivity index (χ2n) is 4.17. The van der Waals surface area contributed by atoms with Crippen LogP contribution in [0.25, 0.3) is 0 Å². The van der Waals surface area contributed by atoms with E-state index in [9.17, 15) is 4.79 Å². The molecule has 0 saturated heterocycles. The Morgan fingerprint density at radius 2 is 2.25 bits per heavy atom. The van der Waals surface area contributed by atoms with Crippen molar-refractivity contribution in [2.45, 2.75) is 6.92 Å². The minimum Gasteiger partial charge on any atom is -0.397 e. The van der Waals surface area contributed by atoms with E-state index in [1.54, 1.807) is 25.1 Å². The number of aromatic nitrogens is 1. The van der Waals surface area contributed by atoms with E-state index >= 15 is 0 Å². The molecule has 1 amide bonds. The third-order valence-electron chi connectivity index (χ3n) is 2.74. The lowest BCUT2D eigenvalue weighted by molar-refractivity contribution is 0.102. The van der Waals surface area contributed by atoms with Crippen molar-refractivity contribution in [3.05, 3.63) is 52.3 Å². The van der Waals surface area contributed by atoms with Gasteiger partial charge in [0.2, 0.25) is 0 Å². The topological polar surface area (TPSA) is 91.8 Å². The molecule has 0 saturated carbocycles. The number of nitrogens with zero attached hydrogens (tertiary/aromatic N) is 2. The first kappa shape index (κ1) is 13.8. The number of hydrogen-bond acceptors (Lipinski definition) is 4. The van der Waals surface area contributed by atoms with E-state index in [0.717, 1.165) is 5.56 Å². The zero-order chi connectivity index (χ0) is 14.7. The number of carbonyl (C=O) groups excluding carboxylic acids is 1. The largest absolute Gasteiger partial charge is 0.397 e. The van der Waals surface area contributed by atoms with Crippen LogP contribution in [0.1, 0.15) is 21.5 Å². The second kappa shape index (κ2) is 5.59. The molecule has 0 aliphatic rings. The van der Waals surface area contributed by atoms with Gasteiger partial charge in [-0.3, -0.25) is 4.79 Å². The number of nitrogens with two attached hydrogens (primary N) is 1. The Morgan fingerprint density at radius 1 is 1.50 bits per heavy atom. The zero-order valence-corrected chi connectivity index (χ0v) is 11.4. The molecule has 1 aromatic carbocycles. The van der Waals surface area contributed by atoms with Gasteiger partial charge in [0.15, 0.2) is 0 Å². The van der Waals surface area contributed by atoms with E-state index in [-0.39, 0.29) is 10.7 Å². The van der Waals surface area contributed by atoms with Crippen molar-refractivity contribution in [3.8, 4) is 6.07 Å². The molecule has 3 N–H and O–H groups in total. The van der Waals surface area contributed by atoms with E-state index < -0.39 is 5.91 Å². The summed E-state index contributed by atoms with van der Waals surface area (Å²) in [6, 6.07) is 8.70. The van der Waals surface area contributed by atoms with Gasteiger partial charge >= 0.3 is 0 Å². The molecule has 2 rings (SSSR count). The van der Waals surface area contributed by atoms with Gasteiger partial charge in [-0.1, -0.05) is 23.7 Å². The Labute approximate surface area is 121 Å². The van der Waals surface area contributed by atoms with Crippen molar-refractivity contribution in [2.24, 2.45) is 0 Å². The fraction of sp³-hybridized carbons (Fsp3) is 0.0714. The number of carbonyl (C=O) groups is 1. The maximum Gasteiger partial charge on any atom is 0.258 e. The van der Waals surface area contributed by atoms with Crippen molar-refractivity contribution >= 4 is 28.9 Å². The van der Waals surface area contributed by atoms with Crippen LogP contribution in [0.4, 0.5) is 11.4 Å². The van der Waals surface area contributed by atoms with Crippen LogP contribution in [0.5, 0.6) is 0 Å². The third kappa shape index (κ3) is 2.71. The van der Waals surface area contributed by atoms with E-state index in [1.807, 2.05) is 0 Å². The molecule has 6 heteroatoms. The molecule has 0 bridgehead atoms. The summed E-state index contributed by atoms with van der Waals surface area (Å²) in [7, 11) is 0. The molecule has 0 unspecified atom stereocenters. The molecule has 0 radical (unpaired) electrons.